The molecule has 0 aromatic heterocycles. The van der Waals surface area contributed by atoms with E-state index < -0.39 is 0 Å². The van der Waals surface area contributed by atoms with Crippen molar-refractivity contribution in [1.82, 2.24) is 0 Å². The van der Waals surface area contributed by atoms with E-state index in [9.17, 15) is 0 Å². The standard InChI is InChI=1S/C19H24P2/c1-20-15-8-13-17(20)14-16-21(18-9-4-2-5-10-18)19-11-6-3-7-12-19/h2-7,9-12,17H,8,13-16H2,1H3/t17-,20-/m1/s1. The van der Waals surface area contributed by atoms with Crippen molar-refractivity contribution in [3.05, 3.63) is 60.7 Å². The van der Waals surface area contributed by atoms with Crippen molar-refractivity contribution in [1.29, 1.82) is 0 Å². The van der Waals surface area contributed by atoms with Gasteiger partial charge in [0.2, 0.25) is 0 Å². The van der Waals surface area contributed by atoms with E-state index in [1.54, 1.807) is 0 Å². The average Bonchev–Trinajstić information content (AvgIpc) is 2.95. The fourth-order valence-electron chi connectivity index (χ4n) is 3.25. The maximum atomic E-state index is 2.51. The second-order valence-corrected chi connectivity index (χ2v) is 10.9. The van der Waals surface area contributed by atoms with Crippen molar-refractivity contribution in [2.24, 2.45) is 0 Å². The first-order valence-corrected chi connectivity index (χ1v) is 11.5. The van der Waals surface area contributed by atoms with Crippen LogP contribution >= 0.6 is 15.8 Å². The van der Waals surface area contributed by atoms with Gasteiger partial charge in [-0.25, -0.2) is 0 Å². The average molecular weight is 314 g/mol. The minimum absolute atomic E-state index is 0.176. The van der Waals surface area contributed by atoms with Gasteiger partial charge in [0.05, 0.1) is 0 Å². The van der Waals surface area contributed by atoms with Crippen LogP contribution < -0.4 is 10.6 Å². The van der Waals surface area contributed by atoms with Gasteiger partial charge in [-0.3, -0.25) is 0 Å². The van der Waals surface area contributed by atoms with Crippen LogP contribution in [0.3, 0.4) is 0 Å². The number of hydrogen-bond acceptors (Lipinski definition) is 0. The quantitative estimate of drug-likeness (QED) is 0.697. The van der Waals surface area contributed by atoms with Gasteiger partial charge in [0, 0.05) is 0 Å². The van der Waals surface area contributed by atoms with Crippen LogP contribution in [-0.4, -0.2) is 24.6 Å². The van der Waals surface area contributed by atoms with Crippen LogP contribution in [0.25, 0.3) is 0 Å². The molecule has 2 heteroatoms. The Kier molecular flexibility index (Phi) is 5.45. The first-order valence-electron chi connectivity index (χ1n) is 7.92. The summed E-state index contributed by atoms with van der Waals surface area (Å²) < 4.78 is 0. The molecule has 0 radical (unpaired) electrons. The number of rotatable bonds is 5. The van der Waals surface area contributed by atoms with Gasteiger partial charge in [-0.1, -0.05) is 60.7 Å². The molecule has 0 bridgehead atoms. The van der Waals surface area contributed by atoms with Crippen LogP contribution in [0.1, 0.15) is 19.3 Å². The van der Waals surface area contributed by atoms with Crippen LogP contribution in [0.15, 0.2) is 60.7 Å². The second-order valence-electron chi connectivity index (χ2n) is 5.89. The molecule has 1 aliphatic rings. The van der Waals surface area contributed by atoms with Gasteiger partial charge in [-0.15, -0.1) is 7.92 Å². The van der Waals surface area contributed by atoms with E-state index in [-0.39, 0.29) is 7.92 Å². The Hall–Kier alpha value is -0.700. The fraction of sp³-hybridized carbons (Fsp3) is 0.368. The molecule has 2 aromatic carbocycles. The smallest absolute Gasteiger partial charge is 0.0195 e. The lowest BCUT2D eigenvalue weighted by atomic mass is 10.2. The highest BCUT2D eigenvalue weighted by Gasteiger charge is 2.24. The molecule has 0 amide bonds. The largest absolute Gasteiger partial charge is 0.107 e. The summed E-state index contributed by atoms with van der Waals surface area (Å²) in [5.41, 5.74) is 1.03. The van der Waals surface area contributed by atoms with Crippen LogP contribution in [0.5, 0.6) is 0 Å². The second kappa shape index (κ2) is 7.53. The highest BCUT2D eigenvalue weighted by Crippen LogP contribution is 2.49. The highest BCUT2D eigenvalue weighted by molar-refractivity contribution is 7.73. The summed E-state index contributed by atoms with van der Waals surface area (Å²) in [5.74, 6) is 0. The molecule has 21 heavy (non-hydrogen) atoms. The summed E-state index contributed by atoms with van der Waals surface area (Å²) in [4.78, 5) is 0. The topological polar surface area (TPSA) is 0 Å². The van der Waals surface area contributed by atoms with Crippen molar-refractivity contribution in [2.45, 2.75) is 24.9 Å². The van der Waals surface area contributed by atoms with Gasteiger partial charge in [0.1, 0.15) is 0 Å². The molecule has 2 atom stereocenters. The molecule has 0 aliphatic carbocycles. The summed E-state index contributed by atoms with van der Waals surface area (Å²) in [7, 11) is 0.138. The van der Waals surface area contributed by atoms with Crippen molar-refractivity contribution in [3.8, 4) is 0 Å². The molecule has 0 N–H and O–H groups in total. The molecule has 1 saturated heterocycles. The molecule has 0 unspecified atom stereocenters. The maximum absolute atomic E-state index is 2.51. The molecule has 2 aromatic rings. The first kappa shape index (κ1) is 15.2. The third kappa shape index (κ3) is 3.94. The Morgan fingerprint density at radius 1 is 0.952 bits per heavy atom. The van der Waals surface area contributed by atoms with Crippen molar-refractivity contribution in [2.75, 3.05) is 19.0 Å². The van der Waals surface area contributed by atoms with Crippen LogP contribution in [-0.2, 0) is 0 Å². The Balaban J connectivity index is 1.76. The van der Waals surface area contributed by atoms with Gasteiger partial charge in [-0.05, 0) is 62.4 Å². The Bertz CT molecular complexity index is 499. The van der Waals surface area contributed by atoms with E-state index in [4.69, 9.17) is 0 Å². The van der Waals surface area contributed by atoms with E-state index in [0.29, 0.717) is 7.92 Å². The summed E-state index contributed by atoms with van der Waals surface area (Å²) in [5, 5.41) is 3.08. The predicted molar refractivity (Wildman–Crippen MR) is 99.3 cm³/mol. The number of hydrogen-bond donors (Lipinski definition) is 0. The van der Waals surface area contributed by atoms with Gasteiger partial charge in [0.15, 0.2) is 0 Å². The van der Waals surface area contributed by atoms with Gasteiger partial charge >= 0.3 is 0 Å². The summed E-state index contributed by atoms with van der Waals surface area (Å²) in [6, 6.07) is 22.3. The zero-order valence-electron chi connectivity index (χ0n) is 12.8. The van der Waals surface area contributed by atoms with Gasteiger partial charge in [0.25, 0.3) is 0 Å². The Morgan fingerprint density at radius 3 is 2.00 bits per heavy atom. The molecule has 110 valence electrons. The molecular weight excluding hydrogens is 290 g/mol. The van der Waals surface area contributed by atoms with E-state index >= 15 is 0 Å². The molecule has 0 nitrogen and oxygen atoms in total. The van der Waals surface area contributed by atoms with E-state index in [1.165, 1.54) is 42.2 Å². The minimum atomic E-state index is -0.176. The zero-order chi connectivity index (χ0) is 14.5. The van der Waals surface area contributed by atoms with Crippen molar-refractivity contribution in [3.63, 3.8) is 0 Å². The summed E-state index contributed by atoms with van der Waals surface area (Å²) >= 11 is 0. The van der Waals surface area contributed by atoms with Crippen LogP contribution in [0, 0.1) is 0 Å². The molecule has 0 saturated carbocycles. The molecule has 1 heterocycles. The molecule has 1 aliphatic heterocycles. The summed E-state index contributed by atoms with van der Waals surface area (Å²) in [6.45, 7) is 2.51. The highest BCUT2D eigenvalue weighted by atomic mass is 31.1. The predicted octanol–water partition coefficient (Wildman–Crippen LogP) is 4.78. The lowest BCUT2D eigenvalue weighted by Crippen LogP contribution is -2.16. The molecule has 0 spiro atoms. The van der Waals surface area contributed by atoms with E-state index in [1.807, 2.05) is 0 Å². The lowest BCUT2D eigenvalue weighted by molar-refractivity contribution is 0.760. The Labute approximate surface area is 131 Å². The minimum Gasteiger partial charge on any atom is -0.107 e. The summed E-state index contributed by atoms with van der Waals surface area (Å²) in [6.07, 6.45) is 7.25. The normalized spacial score (nSPS) is 21.8. The molecule has 3 rings (SSSR count). The van der Waals surface area contributed by atoms with Gasteiger partial charge in [-0.2, -0.15) is 0 Å². The number of benzene rings is 2. The Morgan fingerprint density at radius 2 is 1.52 bits per heavy atom. The molecular formula is C19H24P2. The fourth-order valence-corrected chi connectivity index (χ4v) is 8.14. The first-order chi connectivity index (χ1) is 10.3. The van der Waals surface area contributed by atoms with E-state index in [2.05, 4.69) is 67.3 Å². The SMILES string of the molecule is C[P@]1CCC[C@@H]1CCP(c1ccccc1)c1ccccc1. The van der Waals surface area contributed by atoms with Crippen LogP contribution in [0.2, 0.25) is 0 Å². The van der Waals surface area contributed by atoms with Gasteiger partial charge < -0.3 is 0 Å². The maximum Gasteiger partial charge on any atom is -0.0195 e. The van der Waals surface area contributed by atoms with Crippen molar-refractivity contribution >= 4 is 26.5 Å². The van der Waals surface area contributed by atoms with E-state index in [0.717, 1.165) is 5.66 Å². The van der Waals surface area contributed by atoms with Crippen LogP contribution in [0.4, 0.5) is 0 Å². The molecule has 1 fully saturated rings. The monoisotopic (exact) mass is 314 g/mol. The third-order valence-corrected chi connectivity index (χ3v) is 9.83. The zero-order valence-corrected chi connectivity index (χ0v) is 14.6. The third-order valence-electron chi connectivity index (χ3n) is 4.49. The lowest BCUT2D eigenvalue weighted by Gasteiger charge is -2.22. The van der Waals surface area contributed by atoms with Crippen molar-refractivity contribution < 1.29 is 0 Å².